The summed E-state index contributed by atoms with van der Waals surface area (Å²) in [7, 11) is 2.14. The second-order valence-electron chi connectivity index (χ2n) is 8.92. The van der Waals surface area contributed by atoms with Crippen LogP contribution < -0.4 is 4.74 Å². The molecule has 0 unspecified atom stereocenters. The van der Waals surface area contributed by atoms with E-state index >= 15 is 0 Å². The van der Waals surface area contributed by atoms with Crippen molar-refractivity contribution in [3.05, 3.63) is 64.2 Å². The summed E-state index contributed by atoms with van der Waals surface area (Å²) in [6.45, 7) is 10.7. The van der Waals surface area contributed by atoms with Crippen molar-refractivity contribution in [1.29, 1.82) is 5.41 Å². The molecule has 0 aliphatic heterocycles. The zero-order valence-corrected chi connectivity index (χ0v) is 22.1. The lowest BCUT2D eigenvalue weighted by Crippen LogP contribution is -2.20. The van der Waals surface area contributed by atoms with Crippen LogP contribution in [0.15, 0.2) is 41.4 Å². The van der Waals surface area contributed by atoms with Gasteiger partial charge in [0, 0.05) is 12.1 Å². The zero-order valence-electron chi connectivity index (χ0n) is 21.1. The van der Waals surface area contributed by atoms with Gasteiger partial charge in [-0.25, -0.2) is 0 Å². The molecule has 0 heterocycles. The minimum absolute atomic E-state index is 0.183. The second-order valence-corrected chi connectivity index (χ2v) is 9.35. The molecule has 0 fully saturated rings. The number of likely N-dealkylation sites (N-methyl/N-ethyl adjacent to an activating group) is 1. The third kappa shape index (κ3) is 9.34. The predicted octanol–water partition coefficient (Wildman–Crippen LogP) is 6.08. The molecule has 0 bridgehead atoms. The Morgan fingerprint density at radius 2 is 1.67 bits per heavy atom. The number of amidine groups is 1. The molecule has 0 radical (unpaired) electrons. The highest BCUT2D eigenvalue weighted by Gasteiger charge is 2.12. The first-order chi connectivity index (χ1) is 15.8. The number of hydrogen-bond donors (Lipinski definition) is 1. The molecule has 2 rings (SSSR count). The van der Waals surface area contributed by atoms with Crippen LogP contribution in [0.2, 0.25) is 0 Å². The molecule has 0 spiro atoms. The number of hydrogen-bond acceptors (Lipinski definition) is 3. The maximum Gasteiger partial charge on any atom is 0.414 e. The quantitative estimate of drug-likeness (QED) is 0.178. The van der Waals surface area contributed by atoms with Crippen molar-refractivity contribution in [2.75, 3.05) is 20.1 Å². The summed E-state index contributed by atoms with van der Waals surface area (Å²) in [5, 5.41) is 8.64. The van der Waals surface area contributed by atoms with Crippen molar-refractivity contribution in [2.24, 2.45) is 4.99 Å². The van der Waals surface area contributed by atoms with Crippen molar-refractivity contribution < 1.29 is 4.74 Å². The lowest BCUT2D eigenvalue weighted by Gasteiger charge is -2.16. The highest BCUT2D eigenvalue weighted by atomic mass is 32.1. The second kappa shape index (κ2) is 14.2. The Labute approximate surface area is 206 Å². The van der Waals surface area contributed by atoms with E-state index in [1.165, 1.54) is 48.8 Å². The highest BCUT2D eigenvalue weighted by Crippen LogP contribution is 2.24. The van der Waals surface area contributed by atoms with E-state index in [0.717, 1.165) is 42.8 Å². The van der Waals surface area contributed by atoms with Gasteiger partial charge in [-0.3, -0.25) is 5.41 Å². The molecular formula is C28H42N3OS+. The first-order valence-electron chi connectivity index (χ1n) is 12.3. The van der Waals surface area contributed by atoms with Crippen LogP contribution in [0.1, 0.15) is 73.8 Å². The van der Waals surface area contributed by atoms with Gasteiger partial charge in [0.2, 0.25) is 0 Å². The molecule has 5 heteroatoms. The number of benzene rings is 2. The van der Waals surface area contributed by atoms with E-state index in [1.807, 2.05) is 19.1 Å². The minimum atomic E-state index is 0.183. The van der Waals surface area contributed by atoms with Crippen molar-refractivity contribution >= 4 is 23.7 Å². The van der Waals surface area contributed by atoms with E-state index in [9.17, 15) is 0 Å². The van der Waals surface area contributed by atoms with Crippen molar-refractivity contribution in [1.82, 2.24) is 4.90 Å². The van der Waals surface area contributed by atoms with E-state index in [-0.39, 0.29) is 5.84 Å². The van der Waals surface area contributed by atoms with Crippen LogP contribution >= 0.6 is 0 Å². The van der Waals surface area contributed by atoms with Gasteiger partial charge in [-0.2, -0.15) is 0 Å². The molecule has 0 atom stereocenters. The Hall–Kier alpha value is -2.11. The summed E-state index contributed by atoms with van der Waals surface area (Å²) >= 11 is 3.46. The monoisotopic (exact) mass is 468 g/mol. The Balaban J connectivity index is 1.95. The molecule has 2 aromatic rings. The SMILES string of the molecule is CCCCCCCc1ccc(C(=N)N=C([SH2+])Oc2cc(C)c(CCN(C)CC)cc2C)cc1. The van der Waals surface area contributed by atoms with Gasteiger partial charge in [-0.15, -0.1) is 4.99 Å². The third-order valence-corrected chi connectivity index (χ3v) is 6.37. The molecule has 0 aromatic heterocycles. The molecule has 4 nitrogen and oxygen atoms in total. The average Bonchev–Trinajstić information content (AvgIpc) is 2.80. The molecule has 1 N–H and O–H groups in total. The number of rotatable bonds is 12. The summed E-state index contributed by atoms with van der Waals surface area (Å²) < 4.78 is 5.94. The smallest absolute Gasteiger partial charge is 0.402 e. The molecule has 0 aliphatic rings. The lowest BCUT2D eigenvalue weighted by molar-refractivity contribution is 0.357. The fourth-order valence-corrected chi connectivity index (χ4v) is 3.97. The van der Waals surface area contributed by atoms with E-state index < -0.39 is 0 Å². The Morgan fingerprint density at radius 1 is 0.970 bits per heavy atom. The largest absolute Gasteiger partial charge is 0.414 e. The molecule has 2 aromatic carbocycles. The van der Waals surface area contributed by atoms with Gasteiger partial charge in [0.1, 0.15) is 5.75 Å². The first-order valence-corrected chi connectivity index (χ1v) is 12.8. The van der Waals surface area contributed by atoms with Gasteiger partial charge in [-0.1, -0.05) is 69.9 Å². The molecule has 0 saturated heterocycles. The Morgan fingerprint density at radius 3 is 2.33 bits per heavy atom. The van der Waals surface area contributed by atoms with Crippen molar-refractivity contribution in [3.63, 3.8) is 0 Å². The van der Waals surface area contributed by atoms with Crippen molar-refractivity contribution in [3.8, 4) is 5.75 Å². The van der Waals surface area contributed by atoms with Gasteiger partial charge in [0.15, 0.2) is 5.84 Å². The van der Waals surface area contributed by atoms with Crippen LogP contribution in [0.5, 0.6) is 5.75 Å². The van der Waals surface area contributed by atoms with Crippen LogP contribution in [0.25, 0.3) is 0 Å². The Kier molecular flexibility index (Phi) is 11.7. The lowest BCUT2D eigenvalue weighted by atomic mass is 10.0. The highest BCUT2D eigenvalue weighted by molar-refractivity contribution is 7.77. The van der Waals surface area contributed by atoms with Gasteiger partial charge in [0.25, 0.3) is 0 Å². The van der Waals surface area contributed by atoms with Crippen LogP contribution in [-0.2, 0) is 25.5 Å². The molecule has 0 saturated carbocycles. The van der Waals surface area contributed by atoms with Crippen LogP contribution in [0.3, 0.4) is 0 Å². The summed E-state index contributed by atoms with van der Waals surface area (Å²) in [5.41, 5.74) is 5.71. The molecular weight excluding hydrogens is 426 g/mol. The van der Waals surface area contributed by atoms with Crippen LogP contribution in [0.4, 0.5) is 0 Å². The van der Waals surface area contributed by atoms with Crippen LogP contribution in [0, 0.1) is 19.3 Å². The van der Waals surface area contributed by atoms with E-state index in [0.29, 0.717) is 5.23 Å². The number of unbranched alkanes of at least 4 members (excludes halogenated alkanes) is 4. The van der Waals surface area contributed by atoms with E-state index in [4.69, 9.17) is 10.1 Å². The zero-order chi connectivity index (χ0) is 24.2. The van der Waals surface area contributed by atoms with Gasteiger partial charge in [0.05, 0.1) is 12.6 Å². The molecule has 180 valence electrons. The van der Waals surface area contributed by atoms with Crippen LogP contribution in [-0.4, -0.2) is 36.1 Å². The van der Waals surface area contributed by atoms with E-state index in [1.54, 1.807) is 0 Å². The maximum atomic E-state index is 8.35. The number of nitrogens with one attached hydrogen (secondary N) is 1. The average molecular weight is 469 g/mol. The van der Waals surface area contributed by atoms with Gasteiger partial charge >= 0.3 is 5.23 Å². The number of nitrogens with zero attached hydrogens (tertiary/aromatic N) is 2. The predicted molar refractivity (Wildman–Crippen MR) is 147 cm³/mol. The summed E-state index contributed by atoms with van der Waals surface area (Å²) in [5.74, 6) is 0.947. The number of ether oxygens (including phenoxy) is 1. The van der Waals surface area contributed by atoms with Crippen molar-refractivity contribution in [2.45, 2.75) is 72.6 Å². The molecule has 33 heavy (non-hydrogen) atoms. The summed E-state index contributed by atoms with van der Waals surface area (Å²) in [6, 6.07) is 12.4. The summed E-state index contributed by atoms with van der Waals surface area (Å²) in [6.07, 6.45) is 8.54. The standard InChI is InChI=1S/C28H41N3OS/c1-6-8-9-10-11-12-23-13-15-24(16-14-23)27(29)30-28(33)32-26-20-21(3)25(19-22(26)4)17-18-31(5)7-2/h13-16,19-20H,6-12,17-18H2,1-5H3,(H2,29,30,33)/p+1. The molecule has 0 aliphatic carbocycles. The fraction of sp³-hybridized carbons (Fsp3) is 0.500. The topological polar surface area (TPSA) is 48.7 Å². The third-order valence-electron chi connectivity index (χ3n) is 6.15. The van der Waals surface area contributed by atoms with E-state index in [2.05, 4.69) is 74.6 Å². The minimum Gasteiger partial charge on any atom is -0.402 e. The number of aryl methyl sites for hydroxylation is 3. The summed E-state index contributed by atoms with van der Waals surface area (Å²) in [4.78, 5) is 6.63. The number of aliphatic imine (C=N–C) groups is 1. The molecule has 0 amide bonds. The Bertz CT molecular complexity index is 921. The van der Waals surface area contributed by atoms with Gasteiger partial charge < -0.3 is 9.64 Å². The normalized spacial score (nSPS) is 11.8. The fourth-order valence-electron chi connectivity index (χ4n) is 3.75. The van der Waals surface area contributed by atoms with Gasteiger partial charge in [-0.05, 0) is 75.0 Å². The first kappa shape index (κ1) is 27.1. The maximum absolute atomic E-state index is 8.35.